The Bertz CT molecular complexity index is 343. The van der Waals surface area contributed by atoms with Crippen molar-refractivity contribution in [2.75, 3.05) is 31.6 Å². The summed E-state index contributed by atoms with van der Waals surface area (Å²) in [6, 6.07) is 4.25. The van der Waals surface area contributed by atoms with Crippen LogP contribution in [0.25, 0.3) is 0 Å². The highest BCUT2D eigenvalue weighted by atomic mass is 15.2. The first-order valence-electron chi connectivity index (χ1n) is 6.62. The van der Waals surface area contributed by atoms with Gasteiger partial charge in [-0.3, -0.25) is 0 Å². The molecule has 1 N–H and O–H groups in total. The molecule has 2 rings (SSSR count). The number of aryl methyl sites for hydroxylation is 1. The minimum atomic E-state index is 0.892. The Morgan fingerprint density at radius 3 is 2.82 bits per heavy atom. The van der Waals surface area contributed by atoms with Gasteiger partial charge in [-0.05, 0) is 63.4 Å². The second-order valence-electron chi connectivity index (χ2n) is 5.01. The van der Waals surface area contributed by atoms with Crippen molar-refractivity contribution < 1.29 is 0 Å². The van der Waals surface area contributed by atoms with E-state index in [1.165, 1.54) is 24.8 Å². The van der Waals surface area contributed by atoms with Gasteiger partial charge in [-0.2, -0.15) is 0 Å². The summed E-state index contributed by atoms with van der Waals surface area (Å²) in [5, 5.41) is 3.24. The summed E-state index contributed by atoms with van der Waals surface area (Å²) in [7, 11) is 2.03. The van der Waals surface area contributed by atoms with E-state index in [2.05, 4.69) is 34.3 Å². The third-order valence-electron chi connectivity index (χ3n) is 3.64. The Morgan fingerprint density at radius 1 is 1.41 bits per heavy atom. The molecule has 1 aliphatic heterocycles. The first-order valence-corrected chi connectivity index (χ1v) is 6.62. The number of anilines is 1. The molecular formula is C14H23N3. The van der Waals surface area contributed by atoms with Crippen LogP contribution in [0.15, 0.2) is 18.3 Å². The third kappa shape index (κ3) is 3.43. The Labute approximate surface area is 104 Å². The molecule has 0 unspecified atom stereocenters. The third-order valence-corrected chi connectivity index (χ3v) is 3.64. The number of aromatic nitrogens is 1. The molecule has 0 spiro atoms. The second-order valence-corrected chi connectivity index (χ2v) is 5.01. The van der Waals surface area contributed by atoms with Crippen molar-refractivity contribution in [3.63, 3.8) is 0 Å². The van der Waals surface area contributed by atoms with Crippen LogP contribution in [-0.4, -0.2) is 31.7 Å². The van der Waals surface area contributed by atoms with Gasteiger partial charge in [0.05, 0.1) is 0 Å². The van der Waals surface area contributed by atoms with E-state index in [0.29, 0.717) is 0 Å². The fourth-order valence-corrected chi connectivity index (χ4v) is 2.49. The van der Waals surface area contributed by atoms with E-state index in [1.807, 2.05) is 13.2 Å². The Balaban J connectivity index is 1.86. The van der Waals surface area contributed by atoms with Gasteiger partial charge >= 0.3 is 0 Å². The Kier molecular flexibility index (Phi) is 4.37. The van der Waals surface area contributed by atoms with Gasteiger partial charge in [0.15, 0.2) is 0 Å². The number of rotatable bonds is 4. The first-order chi connectivity index (χ1) is 8.29. The molecule has 17 heavy (non-hydrogen) atoms. The Hall–Kier alpha value is -1.09. The topological polar surface area (TPSA) is 28.2 Å². The molecule has 3 heteroatoms. The van der Waals surface area contributed by atoms with E-state index in [4.69, 9.17) is 0 Å². The highest BCUT2D eigenvalue weighted by molar-refractivity contribution is 5.40. The molecule has 1 aliphatic rings. The average molecular weight is 233 g/mol. The van der Waals surface area contributed by atoms with Crippen LogP contribution in [0.1, 0.15) is 24.8 Å². The zero-order chi connectivity index (χ0) is 12.1. The van der Waals surface area contributed by atoms with Crippen LogP contribution >= 0.6 is 0 Å². The maximum absolute atomic E-state index is 4.46. The number of pyridine rings is 1. The molecule has 0 saturated carbocycles. The molecule has 1 fully saturated rings. The van der Waals surface area contributed by atoms with Crippen molar-refractivity contribution in [1.29, 1.82) is 0 Å². The number of nitrogens with one attached hydrogen (secondary N) is 1. The summed E-state index contributed by atoms with van der Waals surface area (Å²) in [6.45, 7) is 5.59. The maximum atomic E-state index is 4.46. The number of piperidine rings is 1. The van der Waals surface area contributed by atoms with E-state index in [-0.39, 0.29) is 0 Å². The van der Waals surface area contributed by atoms with Crippen LogP contribution in [0.5, 0.6) is 0 Å². The zero-order valence-electron chi connectivity index (χ0n) is 10.9. The van der Waals surface area contributed by atoms with Gasteiger partial charge in [0, 0.05) is 19.3 Å². The van der Waals surface area contributed by atoms with Crippen molar-refractivity contribution in [1.82, 2.24) is 10.3 Å². The number of hydrogen-bond acceptors (Lipinski definition) is 3. The van der Waals surface area contributed by atoms with Gasteiger partial charge < -0.3 is 10.2 Å². The summed E-state index contributed by atoms with van der Waals surface area (Å²) in [5.74, 6) is 2.04. The molecule has 0 radical (unpaired) electrons. The predicted octanol–water partition coefficient (Wildman–Crippen LogP) is 2.22. The lowest BCUT2D eigenvalue weighted by Gasteiger charge is -2.33. The fraction of sp³-hybridized carbons (Fsp3) is 0.643. The minimum absolute atomic E-state index is 0.892. The van der Waals surface area contributed by atoms with Gasteiger partial charge in [-0.1, -0.05) is 0 Å². The number of hydrogen-bond donors (Lipinski definition) is 1. The van der Waals surface area contributed by atoms with Crippen molar-refractivity contribution in [2.24, 2.45) is 5.92 Å². The smallest absolute Gasteiger partial charge is 0.128 e. The van der Waals surface area contributed by atoms with Crippen LogP contribution in [0.3, 0.4) is 0 Å². The number of nitrogens with zero attached hydrogens (tertiary/aromatic N) is 2. The summed E-state index contributed by atoms with van der Waals surface area (Å²) < 4.78 is 0. The molecule has 1 aromatic heterocycles. The highest BCUT2D eigenvalue weighted by Crippen LogP contribution is 2.23. The van der Waals surface area contributed by atoms with Crippen molar-refractivity contribution in [3.8, 4) is 0 Å². The van der Waals surface area contributed by atoms with Crippen LogP contribution in [-0.2, 0) is 0 Å². The zero-order valence-corrected chi connectivity index (χ0v) is 10.9. The van der Waals surface area contributed by atoms with E-state index in [1.54, 1.807) is 0 Å². The van der Waals surface area contributed by atoms with E-state index < -0.39 is 0 Å². The van der Waals surface area contributed by atoms with Crippen molar-refractivity contribution in [2.45, 2.75) is 26.2 Å². The lowest BCUT2D eigenvalue weighted by atomic mass is 9.93. The lowest BCUT2D eigenvalue weighted by molar-refractivity contribution is 0.377. The first kappa shape index (κ1) is 12.4. The van der Waals surface area contributed by atoms with Crippen LogP contribution in [0.4, 0.5) is 5.82 Å². The largest absolute Gasteiger partial charge is 0.357 e. The second kappa shape index (κ2) is 6.01. The summed E-state index contributed by atoms with van der Waals surface area (Å²) in [6.07, 6.45) is 5.83. The van der Waals surface area contributed by atoms with E-state index >= 15 is 0 Å². The average Bonchev–Trinajstić information content (AvgIpc) is 2.37. The molecule has 0 amide bonds. The molecule has 0 aromatic carbocycles. The van der Waals surface area contributed by atoms with E-state index in [9.17, 15) is 0 Å². The summed E-state index contributed by atoms with van der Waals surface area (Å²) >= 11 is 0. The van der Waals surface area contributed by atoms with Crippen molar-refractivity contribution in [3.05, 3.63) is 23.9 Å². The molecule has 3 nitrogen and oxygen atoms in total. The summed E-state index contributed by atoms with van der Waals surface area (Å²) in [4.78, 5) is 6.88. The monoisotopic (exact) mass is 233 g/mol. The normalized spacial score (nSPS) is 17.4. The van der Waals surface area contributed by atoms with E-state index in [0.717, 1.165) is 31.4 Å². The van der Waals surface area contributed by atoms with Gasteiger partial charge in [0.1, 0.15) is 5.82 Å². The molecule has 0 aliphatic carbocycles. The quantitative estimate of drug-likeness (QED) is 0.864. The molecule has 94 valence electrons. The van der Waals surface area contributed by atoms with Gasteiger partial charge in [-0.15, -0.1) is 0 Å². The molecule has 1 saturated heterocycles. The SMILES string of the molecule is CNCCC1CCN(c2cc(C)ccn2)CC1. The minimum Gasteiger partial charge on any atom is -0.357 e. The predicted molar refractivity (Wildman–Crippen MR) is 72.5 cm³/mol. The lowest BCUT2D eigenvalue weighted by Crippen LogP contribution is -2.35. The standard InChI is InChI=1S/C14H23N3/c1-12-3-8-16-14(11-12)17-9-5-13(6-10-17)4-7-15-2/h3,8,11,13,15H,4-7,9-10H2,1-2H3. The molecule has 1 aromatic rings. The molecule has 0 bridgehead atoms. The van der Waals surface area contributed by atoms with Crippen LogP contribution in [0, 0.1) is 12.8 Å². The van der Waals surface area contributed by atoms with Crippen LogP contribution in [0.2, 0.25) is 0 Å². The summed E-state index contributed by atoms with van der Waals surface area (Å²) in [5.41, 5.74) is 1.30. The van der Waals surface area contributed by atoms with Gasteiger partial charge in [0.2, 0.25) is 0 Å². The van der Waals surface area contributed by atoms with Gasteiger partial charge in [0.25, 0.3) is 0 Å². The highest BCUT2D eigenvalue weighted by Gasteiger charge is 2.19. The molecule has 0 atom stereocenters. The molecule has 2 heterocycles. The maximum Gasteiger partial charge on any atom is 0.128 e. The fourth-order valence-electron chi connectivity index (χ4n) is 2.49. The Morgan fingerprint density at radius 2 is 2.18 bits per heavy atom. The molecular weight excluding hydrogens is 210 g/mol. The van der Waals surface area contributed by atoms with Crippen molar-refractivity contribution >= 4 is 5.82 Å². The van der Waals surface area contributed by atoms with Gasteiger partial charge in [-0.25, -0.2) is 4.98 Å². The van der Waals surface area contributed by atoms with Crippen LogP contribution < -0.4 is 10.2 Å².